The molecule has 1 aromatic rings. The molecule has 6 heteroatoms. The van der Waals surface area contributed by atoms with Gasteiger partial charge in [0.05, 0.1) is 12.6 Å². The number of hydrogen-bond donors (Lipinski definition) is 2. The van der Waals surface area contributed by atoms with Gasteiger partial charge in [0, 0.05) is 19.1 Å². The van der Waals surface area contributed by atoms with E-state index >= 15 is 0 Å². The van der Waals surface area contributed by atoms with Crippen LogP contribution in [0.15, 0.2) is 16.8 Å². The SMILES string of the molecule is CC1CN(C(=O)NC(CN)C2CCCCC2)CC(c2ccsc2)O1. The molecule has 1 saturated carbocycles. The zero-order valence-corrected chi connectivity index (χ0v) is 15.3. The molecule has 0 aromatic carbocycles. The van der Waals surface area contributed by atoms with Crippen LogP contribution < -0.4 is 11.1 Å². The number of rotatable bonds is 4. The molecule has 3 N–H and O–H groups in total. The molecular formula is C18H29N3O2S. The summed E-state index contributed by atoms with van der Waals surface area (Å²) in [5, 5.41) is 7.35. The highest BCUT2D eigenvalue weighted by Crippen LogP contribution is 2.28. The Morgan fingerprint density at radius 3 is 2.88 bits per heavy atom. The molecule has 1 aromatic heterocycles. The molecule has 2 amide bonds. The van der Waals surface area contributed by atoms with Gasteiger partial charge < -0.3 is 20.7 Å². The molecule has 1 saturated heterocycles. The number of nitrogens with two attached hydrogens (primary N) is 1. The first kappa shape index (κ1) is 17.7. The molecule has 0 radical (unpaired) electrons. The summed E-state index contributed by atoms with van der Waals surface area (Å²) < 4.78 is 6.02. The highest BCUT2D eigenvalue weighted by molar-refractivity contribution is 7.07. The number of ether oxygens (including phenoxy) is 1. The lowest BCUT2D eigenvalue weighted by atomic mass is 9.84. The van der Waals surface area contributed by atoms with Gasteiger partial charge >= 0.3 is 6.03 Å². The van der Waals surface area contributed by atoms with Gasteiger partial charge in [-0.15, -0.1) is 0 Å². The first-order chi connectivity index (χ1) is 11.7. The Labute approximate surface area is 148 Å². The zero-order valence-electron chi connectivity index (χ0n) is 14.4. The van der Waals surface area contributed by atoms with Crippen molar-refractivity contribution >= 4 is 17.4 Å². The van der Waals surface area contributed by atoms with Gasteiger partial charge in [-0.3, -0.25) is 0 Å². The van der Waals surface area contributed by atoms with Gasteiger partial charge in [0.15, 0.2) is 0 Å². The Bertz CT molecular complexity index is 516. The normalized spacial score (nSPS) is 27.0. The smallest absolute Gasteiger partial charge is 0.317 e. The molecule has 1 aliphatic heterocycles. The number of urea groups is 1. The fraction of sp³-hybridized carbons (Fsp3) is 0.722. The number of nitrogens with one attached hydrogen (secondary N) is 1. The van der Waals surface area contributed by atoms with Crippen molar-refractivity contribution in [2.75, 3.05) is 19.6 Å². The Kier molecular flexibility index (Phi) is 6.14. The second kappa shape index (κ2) is 8.32. The van der Waals surface area contributed by atoms with Gasteiger partial charge in [0.2, 0.25) is 0 Å². The van der Waals surface area contributed by atoms with Crippen LogP contribution in [0.25, 0.3) is 0 Å². The summed E-state index contributed by atoms with van der Waals surface area (Å²) in [5.74, 6) is 0.527. The highest BCUT2D eigenvalue weighted by atomic mass is 32.1. The molecule has 3 unspecified atom stereocenters. The number of amides is 2. The second-order valence-electron chi connectivity index (χ2n) is 7.09. The number of hydrogen-bond acceptors (Lipinski definition) is 4. The average Bonchev–Trinajstić information content (AvgIpc) is 3.14. The van der Waals surface area contributed by atoms with Gasteiger partial charge in [-0.05, 0) is 48.1 Å². The van der Waals surface area contributed by atoms with Crippen molar-refractivity contribution in [3.05, 3.63) is 22.4 Å². The first-order valence-corrected chi connectivity index (χ1v) is 10.0. The van der Waals surface area contributed by atoms with Crippen LogP contribution in [0.1, 0.15) is 50.7 Å². The van der Waals surface area contributed by atoms with Crippen LogP contribution in [-0.2, 0) is 4.74 Å². The van der Waals surface area contributed by atoms with Gasteiger partial charge in [-0.1, -0.05) is 19.3 Å². The van der Waals surface area contributed by atoms with Crippen molar-refractivity contribution in [1.29, 1.82) is 0 Å². The maximum atomic E-state index is 12.8. The molecule has 134 valence electrons. The van der Waals surface area contributed by atoms with Crippen molar-refractivity contribution in [2.45, 2.75) is 57.3 Å². The average molecular weight is 352 g/mol. The number of carbonyl (C=O) groups is 1. The molecule has 2 fully saturated rings. The molecule has 1 aliphatic carbocycles. The van der Waals surface area contributed by atoms with Crippen LogP contribution in [0.5, 0.6) is 0 Å². The van der Waals surface area contributed by atoms with Gasteiger partial charge in [-0.2, -0.15) is 11.3 Å². The number of nitrogens with zero attached hydrogens (tertiary/aromatic N) is 1. The van der Waals surface area contributed by atoms with Crippen molar-refractivity contribution < 1.29 is 9.53 Å². The van der Waals surface area contributed by atoms with Crippen LogP contribution in [0.2, 0.25) is 0 Å². The quantitative estimate of drug-likeness (QED) is 0.876. The minimum atomic E-state index is -0.0308. The van der Waals surface area contributed by atoms with E-state index in [2.05, 4.69) is 22.1 Å². The lowest BCUT2D eigenvalue weighted by molar-refractivity contribution is -0.0658. The van der Waals surface area contributed by atoms with Crippen molar-refractivity contribution in [3.8, 4) is 0 Å². The molecule has 2 heterocycles. The van der Waals surface area contributed by atoms with E-state index in [1.165, 1.54) is 32.1 Å². The lowest BCUT2D eigenvalue weighted by Gasteiger charge is -2.38. The summed E-state index contributed by atoms with van der Waals surface area (Å²) in [6.45, 7) is 3.79. The highest BCUT2D eigenvalue weighted by Gasteiger charge is 2.32. The Balaban J connectivity index is 1.60. The van der Waals surface area contributed by atoms with Crippen molar-refractivity contribution in [3.63, 3.8) is 0 Å². The van der Waals surface area contributed by atoms with E-state index in [4.69, 9.17) is 10.5 Å². The van der Waals surface area contributed by atoms with Crippen LogP contribution >= 0.6 is 11.3 Å². The summed E-state index contributed by atoms with van der Waals surface area (Å²) in [4.78, 5) is 14.7. The van der Waals surface area contributed by atoms with Gasteiger partial charge in [0.25, 0.3) is 0 Å². The molecule has 3 atom stereocenters. The monoisotopic (exact) mass is 351 g/mol. The van der Waals surface area contributed by atoms with Crippen LogP contribution in [0.4, 0.5) is 4.79 Å². The Morgan fingerprint density at radius 2 is 2.21 bits per heavy atom. The lowest BCUT2D eigenvalue weighted by Crippen LogP contribution is -2.55. The van der Waals surface area contributed by atoms with Crippen molar-refractivity contribution in [1.82, 2.24) is 10.2 Å². The third-order valence-electron chi connectivity index (χ3n) is 5.24. The molecule has 5 nitrogen and oxygen atoms in total. The minimum absolute atomic E-state index is 0.00593. The van der Waals surface area contributed by atoms with E-state index in [0.29, 0.717) is 25.6 Å². The Morgan fingerprint density at radius 1 is 1.42 bits per heavy atom. The van der Waals surface area contributed by atoms with Crippen LogP contribution in [-0.4, -0.2) is 42.7 Å². The molecule has 3 rings (SSSR count). The standard InChI is InChI=1S/C18H29N3O2S/c1-13-10-21(11-17(23-13)15-7-8-24-12-15)18(22)20-16(9-19)14-5-3-2-4-6-14/h7-8,12-14,16-17H,2-6,9-11,19H2,1H3,(H,20,22). The van der Waals surface area contributed by atoms with E-state index in [9.17, 15) is 4.79 Å². The molecule has 2 aliphatic rings. The topological polar surface area (TPSA) is 67.6 Å². The maximum Gasteiger partial charge on any atom is 0.317 e. The molecular weight excluding hydrogens is 322 g/mol. The third kappa shape index (κ3) is 4.29. The molecule has 0 bridgehead atoms. The Hall–Kier alpha value is -1.11. The predicted molar refractivity (Wildman–Crippen MR) is 97.1 cm³/mol. The minimum Gasteiger partial charge on any atom is -0.367 e. The number of carbonyl (C=O) groups excluding carboxylic acids is 1. The third-order valence-corrected chi connectivity index (χ3v) is 5.95. The summed E-state index contributed by atoms with van der Waals surface area (Å²) in [6, 6.07) is 2.18. The van der Waals surface area contributed by atoms with Crippen LogP contribution in [0.3, 0.4) is 0 Å². The van der Waals surface area contributed by atoms with Crippen molar-refractivity contribution in [2.24, 2.45) is 11.7 Å². The fourth-order valence-electron chi connectivity index (χ4n) is 3.92. The van der Waals surface area contributed by atoms with Gasteiger partial charge in [0.1, 0.15) is 6.10 Å². The number of morpholine rings is 1. The predicted octanol–water partition coefficient (Wildman–Crippen LogP) is 3.13. The van der Waals surface area contributed by atoms with E-state index in [-0.39, 0.29) is 24.3 Å². The van der Waals surface area contributed by atoms with Crippen LogP contribution in [0, 0.1) is 5.92 Å². The summed E-state index contributed by atoms with van der Waals surface area (Å²) in [5.41, 5.74) is 7.12. The van der Waals surface area contributed by atoms with E-state index in [1.807, 2.05) is 11.8 Å². The van der Waals surface area contributed by atoms with E-state index < -0.39 is 0 Å². The molecule has 0 spiro atoms. The summed E-state index contributed by atoms with van der Waals surface area (Å²) in [6.07, 6.45) is 6.19. The molecule has 24 heavy (non-hydrogen) atoms. The maximum absolute atomic E-state index is 12.8. The fourth-order valence-corrected chi connectivity index (χ4v) is 4.62. The first-order valence-electron chi connectivity index (χ1n) is 9.10. The summed E-state index contributed by atoms with van der Waals surface area (Å²) >= 11 is 1.66. The van der Waals surface area contributed by atoms with E-state index in [0.717, 1.165) is 5.56 Å². The largest absolute Gasteiger partial charge is 0.367 e. The summed E-state index contributed by atoms with van der Waals surface area (Å²) in [7, 11) is 0. The zero-order chi connectivity index (χ0) is 16.9. The number of thiophene rings is 1. The van der Waals surface area contributed by atoms with Gasteiger partial charge in [-0.25, -0.2) is 4.79 Å². The van der Waals surface area contributed by atoms with E-state index in [1.54, 1.807) is 11.3 Å². The second-order valence-corrected chi connectivity index (χ2v) is 7.87.